The lowest BCUT2D eigenvalue weighted by Gasteiger charge is -2.20. The normalized spacial score (nSPS) is 14.6. The summed E-state index contributed by atoms with van der Waals surface area (Å²) >= 11 is 0. The minimum Gasteiger partial charge on any atom is -0.333 e. The van der Waals surface area contributed by atoms with E-state index in [4.69, 9.17) is 0 Å². The summed E-state index contributed by atoms with van der Waals surface area (Å²) in [6.07, 6.45) is 2.02. The summed E-state index contributed by atoms with van der Waals surface area (Å²) in [7, 11) is 1.89. The Morgan fingerprint density at radius 1 is 1.04 bits per heavy atom. The minimum absolute atomic E-state index is 0.0264. The largest absolute Gasteiger partial charge is 0.333 e. The summed E-state index contributed by atoms with van der Waals surface area (Å²) in [5.74, 6) is 0.0264. The van der Waals surface area contributed by atoms with Crippen LogP contribution in [0.2, 0.25) is 0 Å². The van der Waals surface area contributed by atoms with E-state index in [0.717, 1.165) is 30.3 Å². The van der Waals surface area contributed by atoms with Crippen LogP contribution < -0.4 is 0 Å². The summed E-state index contributed by atoms with van der Waals surface area (Å²) in [4.78, 5) is 15.0. The lowest BCUT2D eigenvalue weighted by molar-refractivity contribution is 0.0741. The fourth-order valence-corrected chi connectivity index (χ4v) is 3.40. The number of carbonyl (C=O) groups is 1. The number of aryl methyl sites for hydroxylation is 2. The summed E-state index contributed by atoms with van der Waals surface area (Å²) < 4.78 is 1.79. The molecule has 1 aromatic heterocycles. The third-order valence-electron chi connectivity index (χ3n) is 4.60. The number of para-hydroxylation sites is 1. The van der Waals surface area contributed by atoms with E-state index in [1.54, 1.807) is 4.68 Å². The zero-order valence-electron chi connectivity index (χ0n) is 13.2. The van der Waals surface area contributed by atoms with Crippen LogP contribution in [0.25, 0.3) is 10.9 Å². The highest BCUT2D eigenvalue weighted by Crippen LogP contribution is 2.23. The van der Waals surface area contributed by atoms with Crippen LogP contribution in [0.3, 0.4) is 0 Å². The lowest BCUT2D eigenvalue weighted by Crippen LogP contribution is -2.31. The Balaban J connectivity index is 1.71. The first kappa shape index (κ1) is 14.0. The van der Waals surface area contributed by atoms with E-state index in [1.165, 1.54) is 11.1 Å². The van der Waals surface area contributed by atoms with Crippen molar-refractivity contribution >= 4 is 16.8 Å². The predicted octanol–water partition coefficient (Wildman–Crippen LogP) is 3.16. The number of nitrogens with zero attached hydrogens (tertiary/aromatic N) is 3. The molecule has 0 fully saturated rings. The van der Waals surface area contributed by atoms with Gasteiger partial charge >= 0.3 is 0 Å². The van der Waals surface area contributed by atoms with Gasteiger partial charge in [0.15, 0.2) is 5.69 Å². The van der Waals surface area contributed by atoms with Crippen molar-refractivity contribution in [3.05, 3.63) is 65.4 Å². The Morgan fingerprint density at radius 2 is 1.78 bits per heavy atom. The Morgan fingerprint density at radius 3 is 2.65 bits per heavy atom. The van der Waals surface area contributed by atoms with Crippen molar-refractivity contribution in [2.75, 3.05) is 6.54 Å². The molecule has 0 unspecified atom stereocenters. The van der Waals surface area contributed by atoms with Crippen molar-refractivity contribution in [1.29, 1.82) is 0 Å². The molecule has 0 radical (unpaired) electrons. The highest BCUT2D eigenvalue weighted by molar-refractivity contribution is 6.04. The molecule has 0 saturated carbocycles. The standard InChI is InChI=1S/C19H19N3O/c1-21-17-11-5-4-10-16(17)18(20-21)19(23)22-12-6-9-14-7-2-3-8-15(14)13-22/h2-5,7-8,10-11H,6,9,12-13H2,1H3. The second-order valence-electron chi connectivity index (χ2n) is 6.09. The molecular weight excluding hydrogens is 286 g/mol. The summed E-state index contributed by atoms with van der Waals surface area (Å²) in [5.41, 5.74) is 4.15. The first-order valence-corrected chi connectivity index (χ1v) is 8.02. The zero-order valence-corrected chi connectivity index (χ0v) is 13.2. The average Bonchev–Trinajstić information content (AvgIpc) is 2.78. The van der Waals surface area contributed by atoms with Crippen LogP contribution in [0.15, 0.2) is 48.5 Å². The molecule has 1 aliphatic rings. The molecule has 116 valence electrons. The van der Waals surface area contributed by atoms with E-state index in [2.05, 4.69) is 23.3 Å². The van der Waals surface area contributed by atoms with E-state index < -0.39 is 0 Å². The number of hydrogen-bond donors (Lipinski definition) is 0. The maximum absolute atomic E-state index is 13.0. The molecular formula is C19H19N3O. The molecule has 1 aliphatic heterocycles. The van der Waals surface area contributed by atoms with Gasteiger partial charge in [-0.1, -0.05) is 42.5 Å². The van der Waals surface area contributed by atoms with Gasteiger partial charge in [-0.2, -0.15) is 5.10 Å². The Hall–Kier alpha value is -2.62. The van der Waals surface area contributed by atoms with Crippen LogP contribution >= 0.6 is 0 Å². The molecule has 0 spiro atoms. The molecule has 3 aromatic rings. The number of fused-ring (bicyclic) bond motifs is 2. The third kappa shape index (κ3) is 2.40. The topological polar surface area (TPSA) is 38.1 Å². The second-order valence-corrected chi connectivity index (χ2v) is 6.09. The van der Waals surface area contributed by atoms with E-state index in [0.29, 0.717) is 12.2 Å². The van der Waals surface area contributed by atoms with Crippen molar-refractivity contribution in [3.8, 4) is 0 Å². The molecule has 23 heavy (non-hydrogen) atoms. The molecule has 1 amide bonds. The van der Waals surface area contributed by atoms with E-state index in [1.807, 2.05) is 42.3 Å². The first-order valence-electron chi connectivity index (χ1n) is 8.02. The van der Waals surface area contributed by atoms with E-state index >= 15 is 0 Å². The van der Waals surface area contributed by atoms with Gasteiger partial charge in [-0.25, -0.2) is 0 Å². The van der Waals surface area contributed by atoms with Gasteiger partial charge in [0, 0.05) is 25.5 Å². The lowest BCUT2D eigenvalue weighted by atomic mass is 10.0. The Labute approximate surface area is 135 Å². The molecule has 0 N–H and O–H groups in total. The molecule has 0 bridgehead atoms. The quantitative estimate of drug-likeness (QED) is 0.692. The predicted molar refractivity (Wildman–Crippen MR) is 90.2 cm³/mol. The van der Waals surface area contributed by atoms with Crippen LogP contribution in [0.4, 0.5) is 0 Å². The SMILES string of the molecule is Cn1nc(C(=O)N2CCCc3ccccc3C2)c2ccccc21. The molecule has 0 aliphatic carbocycles. The number of benzene rings is 2. The molecule has 2 aromatic carbocycles. The summed E-state index contributed by atoms with van der Waals surface area (Å²) in [5, 5.41) is 5.41. The summed E-state index contributed by atoms with van der Waals surface area (Å²) in [6.45, 7) is 1.44. The van der Waals surface area contributed by atoms with Crippen LogP contribution in [0.1, 0.15) is 28.0 Å². The van der Waals surface area contributed by atoms with Gasteiger partial charge in [0.25, 0.3) is 5.91 Å². The van der Waals surface area contributed by atoms with Gasteiger partial charge in [-0.15, -0.1) is 0 Å². The maximum Gasteiger partial charge on any atom is 0.275 e. The smallest absolute Gasteiger partial charge is 0.275 e. The van der Waals surface area contributed by atoms with Gasteiger partial charge in [0.1, 0.15) is 0 Å². The summed E-state index contributed by atoms with van der Waals surface area (Å²) in [6, 6.07) is 16.3. The Bertz CT molecular complexity index is 881. The van der Waals surface area contributed by atoms with Crippen LogP contribution in [-0.2, 0) is 20.0 Å². The highest BCUT2D eigenvalue weighted by Gasteiger charge is 2.24. The second kappa shape index (κ2) is 5.54. The zero-order chi connectivity index (χ0) is 15.8. The van der Waals surface area contributed by atoms with Crippen molar-refractivity contribution in [2.45, 2.75) is 19.4 Å². The fourth-order valence-electron chi connectivity index (χ4n) is 3.40. The fraction of sp³-hybridized carbons (Fsp3) is 0.263. The van der Waals surface area contributed by atoms with Crippen LogP contribution in [0.5, 0.6) is 0 Å². The first-order chi connectivity index (χ1) is 11.2. The van der Waals surface area contributed by atoms with Crippen molar-refractivity contribution in [3.63, 3.8) is 0 Å². The highest BCUT2D eigenvalue weighted by atomic mass is 16.2. The number of rotatable bonds is 1. The molecule has 4 heteroatoms. The Kier molecular flexibility index (Phi) is 3.37. The molecule has 4 nitrogen and oxygen atoms in total. The number of amides is 1. The molecule has 0 atom stereocenters. The van der Waals surface area contributed by atoms with Crippen LogP contribution in [0, 0.1) is 0 Å². The third-order valence-corrected chi connectivity index (χ3v) is 4.60. The minimum atomic E-state index is 0.0264. The van der Waals surface area contributed by atoms with Gasteiger partial charge in [0.2, 0.25) is 0 Å². The van der Waals surface area contributed by atoms with Crippen molar-refractivity contribution < 1.29 is 4.79 Å². The van der Waals surface area contributed by atoms with E-state index in [-0.39, 0.29) is 5.91 Å². The number of carbonyl (C=O) groups excluding carboxylic acids is 1. The maximum atomic E-state index is 13.0. The van der Waals surface area contributed by atoms with E-state index in [9.17, 15) is 4.79 Å². The monoisotopic (exact) mass is 305 g/mol. The van der Waals surface area contributed by atoms with Gasteiger partial charge in [0.05, 0.1) is 5.52 Å². The number of hydrogen-bond acceptors (Lipinski definition) is 2. The van der Waals surface area contributed by atoms with Gasteiger partial charge in [-0.3, -0.25) is 9.48 Å². The average molecular weight is 305 g/mol. The van der Waals surface area contributed by atoms with Crippen LogP contribution in [-0.4, -0.2) is 27.1 Å². The van der Waals surface area contributed by atoms with Crippen molar-refractivity contribution in [1.82, 2.24) is 14.7 Å². The van der Waals surface area contributed by atoms with Gasteiger partial charge < -0.3 is 4.90 Å². The van der Waals surface area contributed by atoms with Gasteiger partial charge in [-0.05, 0) is 30.0 Å². The molecule has 4 rings (SSSR count). The molecule has 0 saturated heterocycles. The number of aromatic nitrogens is 2. The van der Waals surface area contributed by atoms with Crippen molar-refractivity contribution in [2.24, 2.45) is 7.05 Å². The molecule has 2 heterocycles.